The molecule has 2 heterocycles. The second-order valence-electron chi connectivity index (χ2n) is 4.38. The number of aryl methyl sites for hydroxylation is 2. The molecular formula is C12H15BN2. The van der Waals surface area contributed by atoms with Crippen molar-refractivity contribution >= 4 is 24.3 Å². The Kier molecular flexibility index (Phi) is 2.33. The molecule has 0 atom stereocenters. The molecule has 2 aromatic heterocycles. The molecule has 76 valence electrons. The number of H-pyrrole nitrogens is 1. The van der Waals surface area contributed by atoms with E-state index in [1.807, 2.05) is 13.1 Å². The van der Waals surface area contributed by atoms with E-state index in [-0.39, 0.29) is 0 Å². The maximum atomic E-state index is 5.84. The molecule has 0 fully saturated rings. The molecule has 1 N–H and O–H groups in total. The van der Waals surface area contributed by atoms with Gasteiger partial charge >= 0.3 is 0 Å². The largest absolute Gasteiger partial charge is 0.357 e. The van der Waals surface area contributed by atoms with Crippen LogP contribution in [-0.2, 0) is 0 Å². The zero-order valence-electron chi connectivity index (χ0n) is 9.68. The summed E-state index contributed by atoms with van der Waals surface area (Å²) in [6, 6.07) is 0. The Morgan fingerprint density at radius 1 is 1.33 bits per heavy atom. The molecule has 0 saturated carbocycles. The third-order valence-electron chi connectivity index (χ3n) is 2.93. The molecule has 0 aliphatic rings. The van der Waals surface area contributed by atoms with Crippen molar-refractivity contribution in [2.75, 3.05) is 0 Å². The van der Waals surface area contributed by atoms with Crippen LogP contribution >= 0.6 is 0 Å². The third kappa shape index (κ3) is 1.46. The Labute approximate surface area is 91.5 Å². The Morgan fingerprint density at radius 3 is 2.60 bits per heavy atom. The van der Waals surface area contributed by atoms with Gasteiger partial charge in [-0.2, -0.15) is 0 Å². The highest BCUT2D eigenvalue weighted by molar-refractivity contribution is 6.32. The molecule has 2 nitrogen and oxygen atoms in total. The predicted molar refractivity (Wildman–Crippen MR) is 65.0 cm³/mol. The monoisotopic (exact) mass is 198 g/mol. The lowest BCUT2D eigenvalue weighted by molar-refractivity contribution is 0.863. The minimum atomic E-state index is 0.499. The number of aromatic nitrogens is 2. The van der Waals surface area contributed by atoms with Crippen LogP contribution in [0, 0.1) is 13.8 Å². The van der Waals surface area contributed by atoms with Crippen molar-refractivity contribution in [3.8, 4) is 0 Å². The van der Waals surface area contributed by atoms with Crippen molar-refractivity contribution in [3.63, 3.8) is 0 Å². The molecule has 0 unspecified atom stereocenters. The summed E-state index contributed by atoms with van der Waals surface area (Å²) in [5, 5.41) is 1.25. The molecule has 0 saturated heterocycles. The molecular weight excluding hydrogens is 183 g/mol. The van der Waals surface area contributed by atoms with Gasteiger partial charge in [0, 0.05) is 11.1 Å². The van der Waals surface area contributed by atoms with Crippen molar-refractivity contribution in [1.82, 2.24) is 9.97 Å². The van der Waals surface area contributed by atoms with Crippen LogP contribution in [0.5, 0.6) is 0 Å². The third-order valence-corrected chi connectivity index (χ3v) is 2.93. The zero-order chi connectivity index (χ0) is 11.2. The standard InChI is InChI=1S/C12H15BN2/c1-6(2)10-8(4)15-9-5-14-12(13)7(3)11(9)10/h5-6,15H,1-4H3. The molecule has 2 aromatic rings. The van der Waals surface area contributed by atoms with Crippen LogP contribution < -0.4 is 5.59 Å². The van der Waals surface area contributed by atoms with E-state index >= 15 is 0 Å². The van der Waals surface area contributed by atoms with E-state index in [0.717, 1.165) is 11.1 Å². The second-order valence-corrected chi connectivity index (χ2v) is 4.38. The van der Waals surface area contributed by atoms with Gasteiger partial charge in [0.25, 0.3) is 0 Å². The molecule has 3 heteroatoms. The van der Waals surface area contributed by atoms with Gasteiger partial charge in [-0.05, 0) is 36.5 Å². The number of aromatic amines is 1. The lowest BCUT2D eigenvalue weighted by Gasteiger charge is -2.08. The van der Waals surface area contributed by atoms with Crippen molar-refractivity contribution in [2.24, 2.45) is 0 Å². The molecule has 2 radical (unpaired) electrons. The molecule has 0 bridgehead atoms. The number of nitrogens with one attached hydrogen (secondary N) is 1. The van der Waals surface area contributed by atoms with Crippen molar-refractivity contribution in [2.45, 2.75) is 33.6 Å². The van der Waals surface area contributed by atoms with Gasteiger partial charge in [-0.1, -0.05) is 13.8 Å². The van der Waals surface area contributed by atoms with E-state index in [4.69, 9.17) is 7.85 Å². The Bertz CT molecular complexity index is 512. The van der Waals surface area contributed by atoms with Gasteiger partial charge in [0.1, 0.15) is 7.85 Å². The predicted octanol–water partition coefficient (Wildman–Crippen LogP) is 2.10. The van der Waals surface area contributed by atoms with Gasteiger partial charge in [0.15, 0.2) is 0 Å². The first-order valence-corrected chi connectivity index (χ1v) is 5.25. The van der Waals surface area contributed by atoms with Crippen LogP contribution in [-0.4, -0.2) is 17.8 Å². The Morgan fingerprint density at radius 2 is 2.00 bits per heavy atom. The number of hydrogen-bond donors (Lipinski definition) is 1. The van der Waals surface area contributed by atoms with Gasteiger partial charge in [-0.3, -0.25) is 4.98 Å². The van der Waals surface area contributed by atoms with Gasteiger partial charge in [-0.25, -0.2) is 0 Å². The van der Waals surface area contributed by atoms with E-state index in [1.165, 1.54) is 16.6 Å². The number of pyridine rings is 1. The van der Waals surface area contributed by atoms with Crippen molar-refractivity contribution < 1.29 is 0 Å². The Hall–Kier alpha value is -1.25. The van der Waals surface area contributed by atoms with Gasteiger partial charge in [0.2, 0.25) is 0 Å². The minimum absolute atomic E-state index is 0.499. The van der Waals surface area contributed by atoms with Crippen molar-refractivity contribution in [3.05, 3.63) is 23.0 Å². The van der Waals surface area contributed by atoms with E-state index < -0.39 is 0 Å². The zero-order valence-corrected chi connectivity index (χ0v) is 9.68. The normalized spacial score (nSPS) is 11.5. The SMILES string of the molecule is [B]c1ncc2[nH]c(C)c(C(C)C)c2c1C. The summed E-state index contributed by atoms with van der Waals surface area (Å²) in [4.78, 5) is 7.53. The fraction of sp³-hybridized carbons (Fsp3) is 0.417. The highest BCUT2D eigenvalue weighted by Crippen LogP contribution is 2.29. The van der Waals surface area contributed by atoms with Gasteiger partial charge in [-0.15, -0.1) is 0 Å². The first-order chi connectivity index (χ1) is 7.02. The number of hydrogen-bond acceptors (Lipinski definition) is 1. The average Bonchev–Trinajstić information content (AvgIpc) is 2.49. The van der Waals surface area contributed by atoms with Crippen molar-refractivity contribution in [1.29, 1.82) is 0 Å². The van der Waals surface area contributed by atoms with Crippen LogP contribution in [0.3, 0.4) is 0 Å². The quantitative estimate of drug-likeness (QED) is 0.698. The molecule has 0 aliphatic heterocycles. The minimum Gasteiger partial charge on any atom is -0.357 e. The van der Waals surface area contributed by atoms with E-state index in [9.17, 15) is 0 Å². The van der Waals surface area contributed by atoms with E-state index in [1.54, 1.807) is 0 Å². The number of nitrogens with zero attached hydrogens (tertiary/aromatic N) is 1. The van der Waals surface area contributed by atoms with Crippen LogP contribution in [0.2, 0.25) is 0 Å². The molecule has 0 aliphatic carbocycles. The number of rotatable bonds is 1. The van der Waals surface area contributed by atoms with Crippen LogP contribution in [0.15, 0.2) is 6.20 Å². The second kappa shape index (κ2) is 3.40. The van der Waals surface area contributed by atoms with Crippen LogP contribution in [0.1, 0.15) is 36.6 Å². The summed E-state index contributed by atoms with van der Waals surface area (Å²) in [6.07, 6.45) is 1.82. The fourth-order valence-corrected chi connectivity index (χ4v) is 2.25. The average molecular weight is 198 g/mol. The number of fused-ring (bicyclic) bond motifs is 1. The summed E-state index contributed by atoms with van der Waals surface area (Å²) in [6.45, 7) is 8.53. The summed E-state index contributed by atoms with van der Waals surface area (Å²) < 4.78 is 0. The highest BCUT2D eigenvalue weighted by atomic mass is 14.8. The van der Waals surface area contributed by atoms with Crippen LogP contribution in [0.25, 0.3) is 10.9 Å². The molecule has 0 amide bonds. The summed E-state index contributed by atoms with van der Waals surface area (Å²) in [5.74, 6) is 0.499. The lowest BCUT2D eigenvalue weighted by Crippen LogP contribution is -2.12. The molecule has 2 rings (SSSR count). The smallest absolute Gasteiger partial charge is 0.142 e. The molecule has 0 spiro atoms. The maximum absolute atomic E-state index is 5.84. The fourth-order valence-electron chi connectivity index (χ4n) is 2.25. The summed E-state index contributed by atoms with van der Waals surface area (Å²) in [7, 11) is 5.84. The topological polar surface area (TPSA) is 28.7 Å². The Balaban J connectivity index is 2.90. The maximum Gasteiger partial charge on any atom is 0.142 e. The summed E-state index contributed by atoms with van der Waals surface area (Å²) in [5.41, 5.74) is 5.37. The molecule has 0 aromatic carbocycles. The highest BCUT2D eigenvalue weighted by Gasteiger charge is 2.14. The molecule has 15 heavy (non-hydrogen) atoms. The van der Waals surface area contributed by atoms with Gasteiger partial charge in [0.05, 0.1) is 11.7 Å². The first-order valence-electron chi connectivity index (χ1n) is 5.25. The summed E-state index contributed by atoms with van der Waals surface area (Å²) >= 11 is 0. The van der Waals surface area contributed by atoms with E-state index in [2.05, 4.69) is 30.7 Å². The van der Waals surface area contributed by atoms with Crippen LogP contribution in [0.4, 0.5) is 0 Å². The first kappa shape index (κ1) is 10.3. The lowest BCUT2D eigenvalue weighted by atomic mass is 9.91. The van der Waals surface area contributed by atoms with E-state index in [0.29, 0.717) is 11.5 Å². The van der Waals surface area contributed by atoms with Gasteiger partial charge < -0.3 is 4.98 Å².